The number of hydrogen-bond acceptors (Lipinski definition) is 2. The first kappa shape index (κ1) is 18.9. The number of carbonyl (C=O) groups excluding carboxylic acids is 1. The summed E-state index contributed by atoms with van der Waals surface area (Å²) in [5, 5.41) is 2.80. The van der Waals surface area contributed by atoms with E-state index in [-0.39, 0.29) is 5.69 Å². The minimum atomic E-state index is -4.48. The smallest absolute Gasteiger partial charge is 0.350 e. The molecule has 27 heavy (non-hydrogen) atoms. The maximum Gasteiger partial charge on any atom is 0.417 e. The van der Waals surface area contributed by atoms with E-state index in [1.54, 1.807) is 0 Å². The van der Waals surface area contributed by atoms with Crippen LogP contribution >= 0.6 is 0 Å². The summed E-state index contributed by atoms with van der Waals surface area (Å²) >= 11 is 0. The van der Waals surface area contributed by atoms with Gasteiger partial charge >= 0.3 is 6.18 Å². The second-order valence-electron chi connectivity index (χ2n) is 6.29. The molecule has 0 unspecified atom stereocenters. The van der Waals surface area contributed by atoms with Crippen molar-refractivity contribution < 1.29 is 18.0 Å². The Morgan fingerprint density at radius 2 is 1.85 bits per heavy atom. The SMILES string of the molecule is CCCc1nc2ccc(C(F)(F)F)cn2c1C(=O)NCCc1ccccc1. The Morgan fingerprint density at radius 1 is 1.11 bits per heavy atom. The molecule has 0 radical (unpaired) electrons. The quantitative estimate of drug-likeness (QED) is 0.699. The van der Waals surface area contributed by atoms with Crippen LogP contribution in [-0.2, 0) is 19.0 Å². The van der Waals surface area contributed by atoms with Crippen molar-refractivity contribution in [2.24, 2.45) is 0 Å². The molecule has 0 aliphatic carbocycles. The Balaban J connectivity index is 1.87. The van der Waals surface area contributed by atoms with Gasteiger partial charge in [-0.15, -0.1) is 0 Å². The van der Waals surface area contributed by atoms with Crippen molar-refractivity contribution in [2.75, 3.05) is 6.54 Å². The number of imidazole rings is 1. The van der Waals surface area contributed by atoms with Crippen molar-refractivity contribution in [1.82, 2.24) is 14.7 Å². The minimum Gasteiger partial charge on any atom is -0.350 e. The molecular weight excluding hydrogens is 355 g/mol. The molecule has 0 fully saturated rings. The summed E-state index contributed by atoms with van der Waals surface area (Å²) in [6, 6.07) is 11.9. The van der Waals surface area contributed by atoms with Crippen molar-refractivity contribution in [2.45, 2.75) is 32.4 Å². The first-order valence-electron chi connectivity index (χ1n) is 8.80. The van der Waals surface area contributed by atoms with Gasteiger partial charge in [-0.3, -0.25) is 9.20 Å². The summed E-state index contributed by atoms with van der Waals surface area (Å²) in [5.41, 5.74) is 1.28. The predicted molar refractivity (Wildman–Crippen MR) is 96.7 cm³/mol. The summed E-state index contributed by atoms with van der Waals surface area (Å²) in [6.07, 6.45) is -1.65. The fourth-order valence-corrected chi connectivity index (χ4v) is 2.96. The minimum absolute atomic E-state index is 0.172. The largest absolute Gasteiger partial charge is 0.417 e. The number of carbonyl (C=O) groups is 1. The third-order valence-electron chi connectivity index (χ3n) is 4.26. The molecule has 0 aliphatic rings. The molecule has 0 spiro atoms. The number of hydrogen-bond donors (Lipinski definition) is 1. The average Bonchev–Trinajstić information content (AvgIpc) is 2.99. The monoisotopic (exact) mass is 375 g/mol. The zero-order valence-corrected chi connectivity index (χ0v) is 14.9. The van der Waals surface area contributed by atoms with Gasteiger partial charge in [0, 0.05) is 12.7 Å². The van der Waals surface area contributed by atoms with Crippen LogP contribution in [0.25, 0.3) is 5.65 Å². The van der Waals surface area contributed by atoms with E-state index in [1.807, 2.05) is 37.3 Å². The lowest BCUT2D eigenvalue weighted by atomic mass is 10.1. The number of fused-ring (bicyclic) bond motifs is 1. The average molecular weight is 375 g/mol. The van der Waals surface area contributed by atoms with Gasteiger partial charge in [0.2, 0.25) is 0 Å². The van der Waals surface area contributed by atoms with Gasteiger partial charge in [-0.05, 0) is 30.5 Å². The number of alkyl halides is 3. The molecular formula is C20H20F3N3O. The molecule has 142 valence electrons. The first-order chi connectivity index (χ1) is 12.9. The molecule has 0 saturated heterocycles. The highest BCUT2D eigenvalue weighted by Crippen LogP contribution is 2.30. The van der Waals surface area contributed by atoms with E-state index in [4.69, 9.17) is 0 Å². The maximum absolute atomic E-state index is 13.1. The van der Waals surface area contributed by atoms with Crippen LogP contribution in [-0.4, -0.2) is 21.8 Å². The van der Waals surface area contributed by atoms with Crippen LogP contribution in [0.3, 0.4) is 0 Å². The van der Waals surface area contributed by atoms with Crippen LogP contribution in [0.5, 0.6) is 0 Å². The lowest BCUT2D eigenvalue weighted by Crippen LogP contribution is -2.28. The fraction of sp³-hybridized carbons (Fsp3) is 0.300. The summed E-state index contributed by atoms with van der Waals surface area (Å²) in [4.78, 5) is 17.1. The Hall–Kier alpha value is -2.83. The second kappa shape index (κ2) is 7.82. The van der Waals surface area contributed by atoms with Crippen LogP contribution < -0.4 is 5.32 Å². The number of aromatic nitrogens is 2. The Bertz CT molecular complexity index is 933. The van der Waals surface area contributed by atoms with Gasteiger partial charge < -0.3 is 5.32 Å². The number of aryl methyl sites for hydroxylation is 1. The van der Waals surface area contributed by atoms with Crippen molar-refractivity contribution in [1.29, 1.82) is 0 Å². The van der Waals surface area contributed by atoms with Gasteiger partial charge in [0.25, 0.3) is 5.91 Å². The van der Waals surface area contributed by atoms with E-state index in [9.17, 15) is 18.0 Å². The molecule has 1 aromatic carbocycles. The molecule has 0 aliphatic heterocycles. The zero-order valence-electron chi connectivity index (χ0n) is 14.9. The topological polar surface area (TPSA) is 46.4 Å². The van der Waals surface area contributed by atoms with Gasteiger partial charge in [-0.25, -0.2) is 4.98 Å². The van der Waals surface area contributed by atoms with Gasteiger partial charge in [-0.2, -0.15) is 13.2 Å². The number of nitrogens with one attached hydrogen (secondary N) is 1. The van der Waals surface area contributed by atoms with Gasteiger partial charge in [0.05, 0.1) is 11.3 Å². The van der Waals surface area contributed by atoms with Gasteiger partial charge in [0.1, 0.15) is 11.3 Å². The summed E-state index contributed by atoms with van der Waals surface area (Å²) < 4.78 is 40.4. The Labute approximate surface area is 155 Å². The summed E-state index contributed by atoms with van der Waals surface area (Å²) in [5.74, 6) is -0.416. The fourth-order valence-electron chi connectivity index (χ4n) is 2.96. The zero-order chi connectivity index (χ0) is 19.4. The highest BCUT2D eigenvalue weighted by atomic mass is 19.4. The van der Waals surface area contributed by atoms with E-state index in [0.717, 1.165) is 24.2 Å². The van der Waals surface area contributed by atoms with Crippen molar-refractivity contribution in [3.63, 3.8) is 0 Å². The lowest BCUT2D eigenvalue weighted by molar-refractivity contribution is -0.137. The second-order valence-corrected chi connectivity index (χ2v) is 6.29. The number of pyridine rings is 1. The van der Waals surface area contributed by atoms with Gasteiger partial charge in [-0.1, -0.05) is 43.7 Å². The number of rotatable bonds is 6. The standard InChI is InChI=1S/C20H20F3N3O/c1-2-6-16-18(19(27)24-12-11-14-7-4-3-5-8-14)26-13-15(20(21,22)23)9-10-17(26)25-16/h3-5,7-10,13H,2,6,11-12H2,1H3,(H,24,27). The first-order valence-corrected chi connectivity index (χ1v) is 8.80. The molecule has 3 rings (SSSR count). The molecule has 0 atom stereocenters. The molecule has 2 heterocycles. The highest BCUT2D eigenvalue weighted by molar-refractivity contribution is 5.94. The lowest BCUT2D eigenvalue weighted by Gasteiger charge is -2.10. The van der Waals surface area contributed by atoms with Crippen LogP contribution in [0.4, 0.5) is 13.2 Å². The summed E-state index contributed by atoms with van der Waals surface area (Å²) in [6.45, 7) is 2.32. The molecule has 1 amide bonds. The van der Waals surface area contributed by atoms with E-state index >= 15 is 0 Å². The van der Waals surface area contributed by atoms with Crippen molar-refractivity contribution in [3.05, 3.63) is 71.2 Å². The number of nitrogens with zero attached hydrogens (tertiary/aromatic N) is 2. The molecule has 0 bridgehead atoms. The molecule has 4 nitrogen and oxygen atoms in total. The third kappa shape index (κ3) is 4.30. The molecule has 3 aromatic rings. The van der Waals surface area contributed by atoms with Crippen molar-refractivity contribution in [3.8, 4) is 0 Å². The molecule has 2 aromatic heterocycles. The maximum atomic E-state index is 13.1. The number of benzene rings is 1. The van der Waals surface area contributed by atoms with Gasteiger partial charge in [0.15, 0.2) is 0 Å². The van der Waals surface area contributed by atoms with E-state index in [1.165, 1.54) is 10.5 Å². The molecule has 1 N–H and O–H groups in total. The van der Waals surface area contributed by atoms with E-state index in [2.05, 4.69) is 10.3 Å². The Morgan fingerprint density at radius 3 is 2.52 bits per heavy atom. The number of amides is 1. The third-order valence-corrected chi connectivity index (χ3v) is 4.26. The van der Waals surface area contributed by atoms with Crippen molar-refractivity contribution >= 4 is 11.6 Å². The van der Waals surface area contributed by atoms with Crippen LogP contribution in [0.1, 0.15) is 40.7 Å². The molecule has 7 heteroatoms. The normalized spacial score (nSPS) is 11.7. The van der Waals surface area contributed by atoms with Crippen LogP contribution in [0.15, 0.2) is 48.7 Å². The van der Waals surface area contributed by atoms with E-state index in [0.29, 0.717) is 30.7 Å². The van der Waals surface area contributed by atoms with E-state index < -0.39 is 17.6 Å². The van der Waals surface area contributed by atoms with Crippen LogP contribution in [0, 0.1) is 0 Å². The molecule has 0 saturated carbocycles. The van der Waals surface area contributed by atoms with Crippen LogP contribution in [0.2, 0.25) is 0 Å². The highest BCUT2D eigenvalue weighted by Gasteiger charge is 2.31. The summed E-state index contributed by atoms with van der Waals surface area (Å²) in [7, 11) is 0. The predicted octanol–water partition coefficient (Wildman–Crippen LogP) is 4.28. The Kier molecular flexibility index (Phi) is 5.48. The number of halogens is 3.